The van der Waals surface area contributed by atoms with Crippen LogP contribution in [0.3, 0.4) is 0 Å². The van der Waals surface area contributed by atoms with Crippen LogP contribution in [0.1, 0.15) is 6.92 Å². The molecule has 0 heterocycles. The van der Waals surface area contributed by atoms with Gasteiger partial charge in [0, 0.05) is 6.04 Å². The van der Waals surface area contributed by atoms with E-state index in [1.807, 2.05) is 0 Å². The van der Waals surface area contributed by atoms with Crippen LogP contribution in [0.2, 0.25) is 0 Å². The fourth-order valence-corrected chi connectivity index (χ4v) is 0. The molecule has 0 saturated heterocycles. The maximum atomic E-state index is 9.46. The first kappa shape index (κ1) is 37.4. The van der Waals surface area contributed by atoms with Gasteiger partial charge in [0.15, 0.2) is 0 Å². The van der Waals surface area contributed by atoms with Crippen LogP contribution >= 0.6 is 0 Å². The summed E-state index contributed by atoms with van der Waals surface area (Å²) in [6.07, 6.45) is 0. The van der Waals surface area contributed by atoms with Crippen LogP contribution in [-0.4, -0.2) is 12.0 Å². The molecular weight excluding hydrogens is 303 g/mol. The molecule has 0 saturated carbocycles. The van der Waals surface area contributed by atoms with Crippen molar-refractivity contribution >= 4 is 5.97 Å². The van der Waals surface area contributed by atoms with Crippen molar-refractivity contribution in [1.82, 2.24) is 0 Å². The van der Waals surface area contributed by atoms with Crippen molar-refractivity contribution in [3.63, 3.8) is 0 Å². The number of nitrogens with two attached hydrogens (primary N) is 1. The average Bonchev–Trinajstić information content (AvgIpc) is 2.14. The van der Waals surface area contributed by atoms with Crippen LogP contribution in [-0.2, 0) is 38.2 Å². The zero-order valence-electron chi connectivity index (χ0n) is 6.93. The van der Waals surface area contributed by atoms with E-state index in [9.17, 15) is 9.90 Å². The largest absolute Gasteiger partial charge is 2.00 e. The first-order valence-electron chi connectivity index (χ1n) is 2.22. The number of carbonyl (C=O) groups is 1. The second kappa shape index (κ2) is 54.3. The van der Waals surface area contributed by atoms with Crippen LogP contribution in [0.5, 0.6) is 0 Å². The van der Waals surface area contributed by atoms with Gasteiger partial charge in [-0.15, -0.1) is 0 Å². The zero-order valence-corrected chi connectivity index (χ0v) is 9.42. The van der Waals surface area contributed by atoms with Gasteiger partial charge in [-0.1, -0.05) is 0 Å². The molecule has 0 radical (unpaired) electrons. The minimum absolute atomic E-state index is 0. The molecule has 0 aliphatic carbocycles. The van der Waals surface area contributed by atoms with Crippen molar-refractivity contribution in [2.75, 3.05) is 0 Å². The predicted molar refractivity (Wildman–Crippen MR) is 30.4 cm³/mol. The SMILES string of the molecule is CC(N)C(=O)[O-].[C-]#[O+].[C-]#[O+].[C-]#[O+].[Cl-].[Ru+2]. The summed E-state index contributed by atoms with van der Waals surface area (Å²) < 4.78 is 22.5. The fraction of sp³-hybridized carbons (Fsp3) is 0.333. The molecule has 0 amide bonds. The number of hydrogen-bond donors (Lipinski definition) is 1. The molecule has 1 unspecified atom stereocenters. The number of rotatable bonds is 1. The van der Waals surface area contributed by atoms with Crippen molar-refractivity contribution in [1.29, 1.82) is 0 Å². The van der Waals surface area contributed by atoms with Gasteiger partial charge < -0.3 is 28.0 Å². The van der Waals surface area contributed by atoms with Gasteiger partial charge in [0.2, 0.25) is 0 Å². The van der Waals surface area contributed by atoms with Crippen LogP contribution in [0.4, 0.5) is 0 Å². The van der Waals surface area contributed by atoms with E-state index in [1.54, 1.807) is 0 Å². The normalized spacial score (nSPS) is 6.29. The quantitative estimate of drug-likeness (QED) is 0.296. The molecule has 0 bridgehead atoms. The summed E-state index contributed by atoms with van der Waals surface area (Å²) in [7, 11) is 0. The second-order valence-corrected chi connectivity index (χ2v) is 1.11. The Kier molecular flexibility index (Phi) is 145. The fourth-order valence-electron chi connectivity index (χ4n) is 0. The predicted octanol–water partition coefficient (Wildman–Crippen LogP) is -5.03. The molecule has 2 N–H and O–H groups in total. The third kappa shape index (κ3) is 102. The summed E-state index contributed by atoms with van der Waals surface area (Å²) in [5.41, 5.74) is 4.77. The van der Waals surface area contributed by atoms with Crippen LogP contribution in [0.15, 0.2) is 0 Å². The summed E-state index contributed by atoms with van der Waals surface area (Å²) in [6, 6.07) is -0.843. The molecular formula is C6H6ClNO5Ru. The van der Waals surface area contributed by atoms with E-state index in [0.29, 0.717) is 0 Å². The van der Waals surface area contributed by atoms with E-state index >= 15 is 0 Å². The summed E-state index contributed by atoms with van der Waals surface area (Å²) in [6.45, 7) is 14.9. The average molecular weight is 309 g/mol. The van der Waals surface area contributed by atoms with Gasteiger partial charge in [0.1, 0.15) is 0 Å². The molecule has 0 aromatic heterocycles. The Hall–Kier alpha value is -0.437. The second-order valence-electron chi connectivity index (χ2n) is 1.11. The molecule has 0 aliphatic heterocycles. The first-order chi connectivity index (χ1) is 5.64. The molecule has 0 aromatic rings. The van der Waals surface area contributed by atoms with Crippen molar-refractivity contribution < 1.29 is 55.7 Å². The smallest absolute Gasteiger partial charge is 1.00 e. The number of hydrogen-bond acceptors (Lipinski definition) is 3. The summed E-state index contributed by atoms with van der Waals surface area (Å²) in [4.78, 5) is 9.46. The third-order valence-corrected chi connectivity index (χ3v) is 0.372. The van der Waals surface area contributed by atoms with Crippen LogP contribution in [0.25, 0.3) is 0 Å². The Morgan fingerprint density at radius 2 is 1.29 bits per heavy atom. The number of carboxylic acid groups (broad SMARTS) is 1. The van der Waals surface area contributed by atoms with Crippen molar-refractivity contribution in [2.45, 2.75) is 13.0 Å². The molecule has 6 nitrogen and oxygen atoms in total. The minimum Gasteiger partial charge on any atom is -1.00 e. The van der Waals surface area contributed by atoms with Gasteiger partial charge in [0.05, 0.1) is 5.97 Å². The number of aliphatic carboxylic acids is 1. The van der Waals surface area contributed by atoms with Crippen LogP contribution in [0, 0.1) is 20.0 Å². The van der Waals surface area contributed by atoms with Gasteiger partial charge in [0.25, 0.3) is 0 Å². The van der Waals surface area contributed by atoms with Crippen molar-refractivity contribution in [3.8, 4) is 0 Å². The first-order valence-corrected chi connectivity index (χ1v) is 2.22. The van der Waals surface area contributed by atoms with E-state index in [1.165, 1.54) is 6.92 Å². The van der Waals surface area contributed by atoms with Crippen LogP contribution < -0.4 is 23.2 Å². The Balaban J connectivity index is -0.0000000175. The van der Waals surface area contributed by atoms with Crippen molar-refractivity contribution in [2.24, 2.45) is 5.73 Å². The monoisotopic (exact) mass is 309 g/mol. The molecule has 0 rings (SSSR count). The maximum absolute atomic E-state index is 9.46. The van der Waals surface area contributed by atoms with E-state index in [4.69, 9.17) is 19.7 Å². The third-order valence-electron chi connectivity index (χ3n) is 0.372. The maximum Gasteiger partial charge on any atom is 2.00 e. The number of carbonyl (C=O) groups excluding carboxylic acids is 1. The molecule has 0 fully saturated rings. The van der Waals surface area contributed by atoms with Gasteiger partial charge in [-0.05, 0) is 6.92 Å². The minimum atomic E-state index is -1.21. The topological polar surface area (TPSA) is 126 Å². The molecule has 80 valence electrons. The standard InChI is InChI=1S/C3H7NO2.3CO.ClH.Ru/c1-2(4)3(5)6;3*1-2;;/h2H,4H2,1H3,(H,5,6);;;;1H;/q;;;;;+2/p-2. The Morgan fingerprint density at radius 3 is 1.29 bits per heavy atom. The van der Waals surface area contributed by atoms with E-state index in [2.05, 4.69) is 20.0 Å². The zero-order chi connectivity index (χ0) is 11.2. The van der Waals surface area contributed by atoms with E-state index in [0.717, 1.165) is 0 Å². The van der Waals surface area contributed by atoms with E-state index < -0.39 is 12.0 Å². The molecule has 1 atom stereocenters. The molecule has 0 aliphatic rings. The molecule has 8 heteroatoms. The summed E-state index contributed by atoms with van der Waals surface area (Å²) in [5, 5.41) is 9.46. The number of carboxylic acids is 1. The van der Waals surface area contributed by atoms with Gasteiger partial charge in [-0.2, -0.15) is 0 Å². The molecule has 0 aromatic carbocycles. The van der Waals surface area contributed by atoms with Gasteiger partial charge >= 0.3 is 53.4 Å². The van der Waals surface area contributed by atoms with Gasteiger partial charge in [-0.25, -0.2) is 0 Å². The van der Waals surface area contributed by atoms with Gasteiger partial charge in [-0.3, -0.25) is 0 Å². The van der Waals surface area contributed by atoms with Crippen molar-refractivity contribution in [3.05, 3.63) is 20.0 Å². The summed E-state index contributed by atoms with van der Waals surface area (Å²) in [5.74, 6) is -1.21. The number of halogens is 1. The Labute approximate surface area is 101 Å². The Bertz CT molecular complexity index is 142. The molecule has 0 spiro atoms. The molecule has 14 heavy (non-hydrogen) atoms. The van der Waals surface area contributed by atoms with E-state index in [-0.39, 0.29) is 31.9 Å². The Morgan fingerprint density at radius 1 is 1.21 bits per heavy atom. The summed E-state index contributed by atoms with van der Waals surface area (Å²) >= 11 is 0.